The Morgan fingerprint density at radius 1 is 1.15 bits per heavy atom. The van der Waals surface area contributed by atoms with Crippen molar-refractivity contribution in [3.05, 3.63) is 0 Å². The Bertz CT molecular complexity index is 119. The van der Waals surface area contributed by atoms with Crippen LogP contribution >= 0.6 is 0 Å². The Hall–Kier alpha value is -0.0800. The van der Waals surface area contributed by atoms with Gasteiger partial charge in [-0.1, -0.05) is 38.5 Å². The molecule has 1 fully saturated rings. The van der Waals surface area contributed by atoms with E-state index in [9.17, 15) is 5.11 Å². The zero-order valence-electron chi connectivity index (χ0n) is 8.54. The number of hydrogen-bond acceptors (Lipinski definition) is 2. The fourth-order valence-corrected chi connectivity index (χ4v) is 2.47. The van der Waals surface area contributed by atoms with Crippen molar-refractivity contribution in [3.8, 4) is 0 Å². The van der Waals surface area contributed by atoms with Crippen LogP contribution in [-0.4, -0.2) is 18.3 Å². The summed E-state index contributed by atoms with van der Waals surface area (Å²) in [6.45, 7) is 1.06. The smallest absolute Gasteiger partial charge is 0.0462 e. The van der Waals surface area contributed by atoms with E-state index in [1.807, 2.05) is 0 Å². The van der Waals surface area contributed by atoms with Crippen LogP contribution in [0.1, 0.15) is 44.9 Å². The van der Waals surface area contributed by atoms with E-state index in [2.05, 4.69) is 0 Å². The van der Waals surface area contributed by atoms with Gasteiger partial charge in [-0.05, 0) is 24.8 Å². The highest BCUT2D eigenvalue weighted by atomic mass is 16.3. The Kier molecular flexibility index (Phi) is 5.40. The van der Waals surface area contributed by atoms with Crippen LogP contribution in [0.5, 0.6) is 0 Å². The lowest BCUT2D eigenvalue weighted by molar-refractivity contribution is 0.157. The molecular formula is C11H23NO. The first-order chi connectivity index (χ1) is 6.38. The van der Waals surface area contributed by atoms with Crippen molar-refractivity contribution >= 4 is 0 Å². The van der Waals surface area contributed by atoms with Crippen LogP contribution in [0.15, 0.2) is 0 Å². The van der Waals surface area contributed by atoms with Gasteiger partial charge in [0.2, 0.25) is 0 Å². The molecule has 0 aromatic heterocycles. The molecule has 0 aromatic carbocycles. The minimum Gasteiger partial charge on any atom is -0.396 e. The van der Waals surface area contributed by atoms with Gasteiger partial charge in [0.25, 0.3) is 0 Å². The monoisotopic (exact) mass is 185 g/mol. The van der Waals surface area contributed by atoms with E-state index in [1.54, 1.807) is 0 Å². The van der Waals surface area contributed by atoms with E-state index in [0.29, 0.717) is 12.5 Å². The predicted octanol–water partition coefficient (Wildman–Crippen LogP) is 1.91. The van der Waals surface area contributed by atoms with Crippen molar-refractivity contribution in [3.63, 3.8) is 0 Å². The molecule has 1 aliphatic carbocycles. The molecule has 0 radical (unpaired) electrons. The zero-order valence-corrected chi connectivity index (χ0v) is 8.54. The van der Waals surface area contributed by atoms with Gasteiger partial charge in [-0.25, -0.2) is 0 Å². The number of aliphatic hydroxyl groups excluding tert-OH is 1. The summed E-state index contributed by atoms with van der Waals surface area (Å²) in [5.41, 5.74) is 5.54. The van der Waals surface area contributed by atoms with Gasteiger partial charge < -0.3 is 10.8 Å². The van der Waals surface area contributed by atoms with Gasteiger partial charge in [0.1, 0.15) is 0 Å². The average molecular weight is 185 g/mol. The highest BCUT2D eigenvalue weighted by Crippen LogP contribution is 2.30. The molecule has 1 saturated carbocycles. The van der Waals surface area contributed by atoms with Gasteiger partial charge in [0, 0.05) is 6.61 Å². The van der Waals surface area contributed by atoms with Gasteiger partial charge in [-0.15, -0.1) is 0 Å². The molecule has 0 amide bonds. The molecule has 2 heteroatoms. The van der Waals surface area contributed by atoms with Crippen LogP contribution in [0.2, 0.25) is 0 Å². The standard InChI is InChI=1S/C11H23NO/c12-8-7-11(9-13)10-5-3-1-2-4-6-10/h10-11,13H,1-9,12H2. The molecule has 0 saturated heterocycles. The summed E-state index contributed by atoms with van der Waals surface area (Å²) >= 11 is 0. The second-order valence-corrected chi connectivity index (χ2v) is 4.27. The van der Waals surface area contributed by atoms with Crippen molar-refractivity contribution in [2.24, 2.45) is 17.6 Å². The van der Waals surface area contributed by atoms with E-state index in [-0.39, 0.29) is 0 Å². The number of nitrogens with two attached hydrogens (primary N) is 1. The highest BCUT2D eigenvalue weighted by molar-refractivity contribution is 4.72. The molecule has 0 aromatic rings. The van der Waals surface area contributed by atoms with Gasteiger partial charge in [-0.2, -0.15) is 0 Å². The van der Waals surface area contributed by atoms with Crippen molar-refractivity contribution in [1.82, 2.24) is 0 Å². The molecule has 0 heterocycles. The van der Waals surface area contributed by atoms with E-state index < -0.39 is 0 Å². The fourth-order valence-electron chi connectivity index (χ4n) is 2.47. The lowest BCUT2D eigenvalue weighted by Crippen LogP contribution is -2.21. The molecule has 1 rings (SSSR count). The molecule has 0 spiro atoms. The van der Waals surface area contributed by atoms with Gasteiger partial charge in [0.05, 0.1) is 0 Å². The predicted molar refractivity (Wildman–Crippen MR) is 55.4 cm³/mol. The van der Waals surface area contributed by atoms with Crippen LogP contribution in [0.25, 0.3) is 0 Å². The van der Waals surface area contributed by atoms with E-state index >= 15 is 0 Å². The van der Waals surface area contributed by atoms with Gasteiger partial charge in [-0.3, -0.25) is 0 Å². The SMILES string of the molecule is NCCC(CO)C1CCCCCC1. The maximum absolute atomic E-state index is 9.25. The third kappa shape index (κ3) is 3.65. The minimum atomic E-state index is 0.335. The summed E-state index contributed by atoms with van der Waals surface area (Å²) in [4.78, 5) is 0. The fraction of sp³-hybridized carbons (Fsp3) is 1.00. The Morgan fingerprint density at radius 3 is 2.23 bits per heavy atom. The lowest BCUT2D eigenvalue weighted by Gasteiger charge is -2.23. The Balaban J connectivity index is 2.35. The summed E-state index contributed by atoms with van der Waals surface area (Å²) in [7, 11) is 0. The molecule has 1 aliphatic rings. The maximum Gasteiger partial charge on any atom is 0.0462 e. The topological polar surface area (TPSA) is 46.2 Å². The second-order valence-electron chi connectivity index (χ2n) is 4.27. The van der Waals surface area contributed by atoms with Crippen molar-refractivity contribution in [1.29, 1.82) is 0 Å². The Morgan fingerprint density at radius 2 is 1.77 bits per heavy atom. The number of hydrogen-bond donors (Lipinski definition) is 2. The van der Waals surface area contributed by atoms with Crippen molar-refractivity contribution < 1.29 is 5.11 Å². The van der Waals surface area contributed by atoms with Crippen LogP contribution in [0.3, 0.4) is 0 Å². The number of aliphatic hydroxyl groups is 1. The van der Waals surface area contributed by atoms with Crippen molar-refractivity contribution in [2.45, 2.75) is 44.9 Å². The summed E-state index contributed by atoms with van der Waals surface area (Å²) in [6.07, 6.45) is 9.10. The van der Waals surface area contributed by atoms with Gasteiger partial charge in [0.15, 0.2) is 0 Å². The molecule has 0 bridgehead atoms. The van der Waals surface area contributed by atoms with E-state index in [1.165, 1.54) is 38.5 Å². The lowest BCUT2D eigenvalue weighted by atomic mass is 9.84. The largest absolute Gasteiger partial charge is 0.396 e. The summed E-state index contributed by atoms with van der Waals surface area (Å²) in [5, 5.41) is 9.25. The van der Waals surface area contributed by atoms with E-state index in [0.717, 1.165) is 18.9 Å². The number of rotatable bonds is 4. The second kappa shape index (κ2) is 6.39. The minimum absolute atomic E-state index is 0.335. The first-order valence-electron chi connectivity index (χ1n) is 5.69. The molecule has 0 aliphatic heterocycles. The van der Waals surface area contributed by atoms with Crippen LogP contribution in [-0.2, 0) is 0 Å². The molecule has 78 valence electrons. The van der Waals surface area contributed by atoms with Crippen LogP contribution in [0.4, 0.5) is 0 Å². The van der Waals surface area contributed by atoms with Crippen LogP contribution < -0.4 is 5.73 Å². The summed E-state index contributed by atoms with van der Waals surface area (Å²) < 4.78 is 0. The zero-order chi connectivity index (χ0) is 9.52. The Labute approximate surface area is 81.5 Å². The van der Waals surface area contributed by atoms with Crippen LogP contribution in [0, 0.1) is 11.8 Å². The van der Waals surface area contributed by atoms with Crippen molar-refractivity contribution in [2.75, 3.05) is 13.2 Å². The molecule has 13 heavy (non-hydrogen) atoms. The molecule has 3 N–H and O–H groups in total. The van der Waals surface area contributed by atoms with Gasteiger partial charge >= 0.3 is 0 Å². The molecule has 1 atom stereocenters. The molecule has 1 unspecified atom stereocenters. The highest BCUT2D eigenvalue weighted by Gasteiger charge is 2.21. The first-order valence-corrected chi connectivity index (χ1v) is 5.69. The third-order valence-corrected chi connectivity index (χ3v) is 3.34. The summed E-state index contributed by atoms with van der Waals surface area (Å²) in [6, 6.07) is 0. The van der Waals surface area contributed by atoms with E-state index in [4.69, 9.17) is 5.73 Å². The third-order valence-electron chi connectivity index (χ3n) is 3.34. The first kappa shape index (κ1) is 11.0. The normalized spacial score (nSPS) is 22.6. The average Bonchev–Trinajstić information content (AvgIpc) is 2.42. The quantitative estimate of drug-likeness (QED) is 0.657. The molecule has 2 nitrogen and oxygen atoms in total. The maximum atomic E-state index is 9.25. The summed E-state index contributed by atoms with van der Waals surface area (Å²) in [5.74, 6) is 1.22. The molecular weight excluding hydrogens is 162 g/mol.